The van der Waals surface area contributed by atoms with Gasteiger partial charge in [0.15, 0.2) is 0 Å². The summed E-state index contributed by atoms with van der Waals surface area (Å²) in [5.41, 5.74) is 1.22. The largest absolute Gasteiger partial charge is 0.301 e. The van der Waals surface area contributed by atoms with Gasteiger partial charge in [-0.2, -0.15) is 0 Å². The molecule has 1 heterocycles. The quantitative estimate of drug-likeness (QED) is 0.716. The van der Waals surface area contributed by atoms with Crippen molar-refractivity contribution in [3.05, 3.63) is 16.4 Å². The van der Waals surface area contributed by atoms with Crippen molar-refractivity contribution >= 4 is 12.2 Å². The third-order valence-corrected chi connectivity index (χ3v) is 2.53. The van der Waals surface area contributed by atoms with E-state index >= 15 is 0 Å². The molecule has 0 fully saturated rings. The molecule has 1 atom stereocenters. The van der Waals surface area contributed by atoms with Crippen molar-refractivity contribution in [1.82, 2.24) is 9.78 Å². The van der Waals surface area contributed by atoms with Crippen LogP contribution in [0, 0.1) is 4.64 Å². The highest BCUT2D eigenvalue weighted by Gasteiger charge is 2.03. The molecule has 0 saturated carbocycles. The fourth-order valence-electron chi connectivity index (χ4n) is 1.15. The highest BCUT2D eigenvalue weighted by Crippen LogP contribution is 2.11. The maximum atomic E-state index is 5.21. The first-order valence-electron chi connectivity index (χ1n) is 4.49. The van der Waals surface area contributed by atoms with Gasteiger partial charge in [-0.25, -0.2) is 0 Å². The second-order valence-electron chi connectivity index (χ2n) is 3.10. The second kappa shape index (κ2) is 3.90. The van der Waals surface area contributed by atoms with E-state index in [1.165, 1.54) is 5.69 Å². The summed E-state index contributed by atoms with van der Waals surface area (Å²) in [7, 11) is 0. The number of aryl methyl sites for hydroxylation is 1. The lowest BCUT2D eigenvalue weighted by molar-refractivity contribution is 0.469. The Labute approximate surface area is 78.6 Å². The van der Waals surface area contributed by atoms with E-state index in [0.29, 0.717) is 6.04 Å². The average Bonchev–Trinajstić information content (AvgIpc) is 2.45. The standard InChI is InChI=1S/C9H16N2S/c1-4-7(3)11-9(12)6-8(5-2)10-11/h6-7,10H,4-5H2,1-3H3. The number of H-pyrrole nitrogens is 1. The molecule has 0 aliphatic carbocycles. The maximum Gasteiger partial charge on any atom is 0.122 e. The molecular weight excluding hydrogens is 168 g/mol. The number of nitrogens with one attached hydrogen (secondary N) is 1. The molecule has 2 nitrogen and oxygen atoms in total. The summed E-state index contributed by atoms with van der Waals surface area (Å²) < 4.78 is 2.98. The van der Waals surface area contributed by atoms with Crippen molar-refractivity contribution in [1.29, 1.82) is 0 Å². The lowest BCUT2D eigenvalue weighted by atomic mass is 10.3. The summed E-state index contributed by atoms with van der Waals surface area (Å²) in [4.78, 5) is 0. The summed E-state index contributed by atoms with van der Waals surface area (Å²) in [6, 6.07) is 2.53. The zero-order chi connectivity index (χ0) is 9.14. The Bertz CT molecular complexity index is 298. The zero-order valence-electron chi connectivity index (χ0n) is 7.92. The Morgan fingerprint density at radius 1 is 1.58 bits per heavy atom. The third kappa shape index (κ3) is 1.78. The SMILES string of the molecule is CCc1cc(=S)n(C(C)CC)[nH]1. The molecule has 1 aromatic heterocycles. The highest BCUT2D eigenvalue weighted by molar-refractivity contribution is 7.71. The fraction of sp³-hybridized carbons (Fsp3) is 0.667. The topological polar surface area (TPSA) is 20.7 Å². The zero-order valence-corrected chi connectivity index (χ0v) is 8.74. The summed E-state index contributed by atoms with van der Waals surface area (Å²) >= 11 is 5.21. The molecule has 0 aromatic carbocycles. The first-order valence-corrected chi connectivity index (χ1v) is 4.90. The van der Waals surface area contributed by atoms with Gasteiger partial charge in [-0.3, -0.25) is 4.68 Å². The minimum Gasteiger partial charge on any atom is -0.301 e. The molecule has 1 rings (SSSR count). The van der Waals surface area contributed by atoms with Crippen LogP contribution in [0.15, 0.2) is 6.07 Å². The van der Waals surface area contributed by atoms with Crippen LogP contribution in [-0.4, -0.2) is 9.78 Å². The minimum absolute atomic E-state index is 0.484. The molecule has 0 radical (unpaired) electrons. The third-order valence-electron chi connectivity index (χ3n) is 2.21. The molecule has 1 aromatic rings. The Hall–Kier alpha value is -0.570. The number of aromatic amines is 1. The van der Waals surface area contributed by atoms with E-state index in [1.807, 2.05) is 6.07 Å². The van der Waals surface area contributed by atoms with Crippen LogP contribution in [0.25, 0.3) is 0 Å². The lowest BCUT2D eigenvalue weighted by Gasteiger charge is -2.09. The van der Waals surface area contributed by atoms with Crippen LogP contribution in [0.4, 0.5) is 0 Å². The van der Waals surface area contributed by atoms with Crippen molar-refractivity contribution in [3.8, 4) is 0 Å². The smallest absolute Gasteiger partial charge is 0.122 e. The van der Waals surface area contributed by atoms with Gasteiger partial charge in [0.2, 0.25) is 0 Å². The van der Waals surface area contributed by atoms with Crippen molar-refractivity contribution in [3.63, 3.8) is 0 Å². The Morgan fingerprint density at radius 2 is 2.25 bits per heavy atom. The summed E-state index contributed by atoms with van der Waals surface area (Å²) in [6.07, 6.45) is 2.13. The first kappa shape index (κ1) is 9.52. The van der Waals surface area contributed by atoms with Gasteiger partial charge >= 0.3 is 0 Å². The second-order valence-corrected chi connectivity index (χ2v) is 3.52. The van der Waals surface area contributed by atoms with E-state index in [0.717, 1.165) is 17.5 Å². The van der Waals surface area contributed by atoms with Crippen LogP contribution in [0.2, 0.25) is 0 Å². The van der Waals surface area contributed by atoms with Crippen LogP contribution >= 0.6 is 12.2 Å². The number of rotatable bonds is 3. The summed E-state index contributed by atoms with van der Waals surface area (Å²) in [5.74, 6) is 0. The van der Waals surface area contributed by atoms with Gasteiger partial charge in [0.1, 0.15) is 4.64 Å². The molecule has 0 aliphatic heterocycles. The van der Waals surface area contributed by atoms with E-state index in [4.69, 9.17) is 12.2 Å². The van der Waals surface area contributed by atoms with Crippen molar-refractivity contribution in [2.24, 2.45) is 0 Å². The molecule has 0 amide bonds. The van der Waals surface area contributed by atoms with E-state index in [2.05, 4.69) is 30.6 Å². The minimum atomic E-state index is 0.484. The van der Waals surface area contributed by atoms with Crippen molar-refractivity contribution in [2.75, 3.05) is 0 Å². The average molecular weight is 184 g/mol. The molecule has 12 heavy (non-hydrogen) atoms. The van der Waals surface area contributed by atoms with Gasteiger partial charge < -0.3 is 5.10 Å². The van der Waals surface area contributed by atoms with Crippen molar-refractivity contribution < 1.29 is 0 Å². The number of hydrogen-bond donors (Lipinski definition) is 1. The molecule has 68 valence electrons. The summed E-state index contributed by atoms with van der Waals surface area (Å²) in [6.45, 7) is 6.46. The van der Waals surface area contributed by atoms with Gasteiger partial charge in [-0.1, -0.05) is 26.1 Å². The molecule has 0 saturated heterocycles. The van der Waals surface area contributed by atoms with Crippen molar-refractivity contribution in [2.45, 2.75) is 39.7 Å². The van der Waals surface area contributed by atoms with Crippen LogP contribution in [0.1, 0.15) is 38.9 Å². The number of hydrogen-bond acceptors (Lipinski definition) is 1. The predicted molar refractivity (Wildman–Crippen MR) is 54.0 cm³/mol. The molecule has 0 spiro atoms. The monoisotopic (exact) mass is 184 g/mol. The van der Waals surface area contributed by atoms with Gasteiger partial charge in [-0.05, 0) is 25.8 Å². The highest BCUT2D eigenvalue weighted by atomic mass is 32.1. The molecule has 0 aliphatic rings. The van der Waals surface area contributed by atoms with E-state index < -0.39 is 0 Å². The molecular formula is C9H16N2S. The van der Waals surface area contributed by atoms with E-state index in [1.54, 1.807) is 0 Å². The Balaban J connectivity index is 2.99. The molecule has 0 bridgehead atoms. The van der Waals surface area contributed by atoms with E-state index in [-0.39, 0.29) is 0 Å². The number of aromatic nitrogens is 2. The molecule has 1 N–H and O–H groups in total. The van der Waals surface area contributed by atoms with Gasteiger partial charge in [0.05, 0.1) is 0 Å². The predicted octanol–water partition coefficient (Wildman–Crippen LogP) is 3.08. The first-order chi connectivity index (χ1) is 5.69. The fourth-order valence-corrected chi connectivity index (χ4v) is 1.52. The number of nitrogens with zero attached hydrogens (tertiary/aromatic N) is 1. The lowest BCUT2D eigenvalue weighted by Crippen LogP contribution is -2.05. The van der Waals surface area contributed by atoms with E-state index in [9.17, 15) is 0 Å². The van der Waals surface area contributed by atoms with Crippen LogP contribution in [-0.2, 0) is 6.42 Å². The van der Waals surface area contributed by atoms with Crippen LogP contribution in [0.5, 0.6) is 0 Å². The Morgan fingerprint density at radius 3 is 2.67 bits per heavy atom. The maximum absolute atomic E-state index is 5.21. The summed E-state index contributed by atoms with van der Waals surface area (Å²) in [5, 5.41) is 3.29. The molecule has 1 unspecified atom stereocenters. The Kier molecular flexibility index (Phi) is 3.09. The van der Waals surface area contributed by atoms with Gasteiger partial charge in [-0.15, -0.1) is 0 Å². The van der Waals surface area contributed by atoms with Gasteiger partial charge in [0.25, 0.3) is 0 Å². The van der Waals surface area contributed by atoms with Gasteiger partial charge in [0, 0.05) is 11.7 Å². The van der Waals surface area contributed by atoms with Crippen LogP contribution in [0.3, 0.4) is 0 Å². The van der Waals surface area contributed by atoms with Crippen LogP contribution < -0.4 is 0 Å². The molecule has 3 heteroatoms. The normalized spacial score (nSPS) is 13.2.